The SMILES string of the molecule is CCOC(=O)N1CCCC1C1CCCCC1=O. The van der Waals surface area contributed by atoms with Gasteiger partial charge < -0.3 is 9.64 Å². The summed E-state index contributed by atoms with van der Waals surface area (Å²) in [5.41, 5.74) is 0. The van der Waals surface area contributed by atoms with E-state index in [4.69, 9.17) is 4.74 Å². The van der Waals surface area contributed by atoms with E-state index in [1.54, 1.807) is 4.90 Å². The molecule has 2 atom stereocenters. The number of hydrogen-bond acceptors (Lipinski definition) is 3. The van der Waals surface area contributed by atoms with Crippen LogP contribution in [0.2, 0.25) is 0 Å². The molecule has 1 aliphatic heterocycles. The zero-order chi connectivity index (χ0) is 12.3. The van der Waals surface area contributed by atoms with Crippen molar-refractivity contribution >= 4 is 11.9 Å². The molecule has 1 saturated carbocycles. The van der Waals surface area contributed by atoms with Crippen LogP contribution in [0.1, 0.15) is 45.4 Å². The number of nitrogens with zero attached hydrogens (tertiary/aromatic N) is 1. The number of amides is 1. The third kappa shape index (κ3) is 2.61. The van der Waals surface area contributed by atoms with Crippen molar-refractivity contribution in [3.05, 3.63) is 0 Å². The van der Waals surface area contributed by atoms with Gasteiger partial charge in [0.15, 0.2) is 0 Å². The molecule has 1 saturated heterocycles. The monoisotopic (exact) mass is 239 g/mol. The lowest BCUT2D eigenvalue weighted by atomic mass is 9.82. The molecule has 0 N–H and O–H groups in total. The second-order valence-corrected chi connectivity index (χ2v) is 4.92. The summed E-state index contributed by atoms with van der Waals surface area (Å²) >= 11 is 0. The molecule has 4 heteroatoms. The number of ether oxygens (including phenoxy) is 1. The van der Waals surface area contributed by atoms with Crippen LogP contribution in [0.15, 0.2) is 0 Å². The van der Waals surface area contributed by atoms with Gasteiger partial charge in [-0.1, -0.05) is 6.42 Å². The fourth-order valence-corrected chi connectivity index (χ4v) is 3.06. The molecule has 0 bridgehead atoms. The predicted molar refractivity (Wildman–Crippen MR) is 63.7 cm³/mol. The van der Waals surface area contributed by atoms with Crippen LogP contribution in [0, 0.1) is 5.92 Å². The molecule has 1 amide bonds. The summed E-state index contributed by atoms with van der Waals surface area (Å²) in [6.45, 7) is 2.96. The van der Waals surface area contributed by atoms with E-state index in [2.05, 4.69) is 0 Å². The first-order chi connectivity index (χ1) is 8.24. The predicted octanol–water partition coefficient (Wildman–Crippen LogP) is 2.37. The molecule has 17 heavy (non-hydrogen) atoms. The molecule has 0 radical (unpaired) electrons. The Hall–Kier alpha value is -1.06. The summed E-state index contributed by atoms with van der Waals surface area (Å²) < 4.78 is 5.06. The van der Waals surface area contributed by atoms with E-state index in [1.807, 2.05) is 6.92 Å². The van der Waals surface area contributed by atoms with Gasteiger partial charge in [-0.3, -0.25) is 4.79 Å². The Kier molecular flexibility index (Phi) is 4.02. The topological polar surface area (TPSA) is 46.6 Å². The van der Waals surface area contributed by atoms with Gasteiger partial charge in [0, 0.05) is 24.9 Å². The van der Waals surface area contributed by atoms with Gasteiger partial charge in [0.25, 0.3) is 0 Å². The number of hydrogen-bond donors (Lipinski definition) is 0. The first kappa shape index (κ1) is 12.4. The van der Waals surface area contributed by atoms with Crippen molar-refractivity contribution in [3.8, 4) is 0 Å². The van der Waals surface area contributed by atoms with E-state index in [0.717, 1.165) is 38.6 Å². The second kappa shape index (κ2) is 5.52. The molecule has 0 aromatic heterocycles. The lowest BCUT2D eigenvalue weighted by molar-refractivity contribution is -0.126. The number of ketones is 1. The molecular formula is C13H21NO3. The van der Waals surface area contributed by atoms with Crippen LogP contribution in [0.3, 0.4) is 0 Å². The van der Waals surface area contributed by atoms with Gasteiger partial charge in [-0.25, -0.2) is 4.79 Å². The van der Waals surface area contributed by atoms with Crippen molar-refractivity contribution in [1.29, 1.82) is 0 Å². The van der Waals surface area contributed by atoms with Crippen molar-refractivity contribution in [3.63, 3.8) is 0 Å². The normalized spacial score (nSPS) is 29.5. The number of carbonyl (C=O) groups is 2. The molecule has 4 nitrogen and oxygen atoms in total. The summed E-state index contributed by atoms with van der Waals surface area (Å²) in [4.78, 5) is 25.5. The van der Waals surface area contributed by atoms with Crippen LogP contribution in [0.25, 0.3) is 0 Å². The van der Waals surface area contributed by atoms with Gasteiger partial charge in [0.1, 0.15) is 5.78 Å². The molecule has 2 unspecified atom stereocenters. The molecule has 2 fully saturated rings. The molecule has 0 aromatic carbocycles. The van der Waals surface area contributed by atoms with Crippen molar-refractivity contribution in [1.82, 2.24) is 4.90 Å². The van der Waals surface area contributed by atoms with Gasteiger partial charge in [-0.2, -0.15) is 0 Å². The molecule has 2 rings (SSSR count). The molecule has 0 aromatic rings. The second-order valence-electron chi connectivity index (χ2n) is 4.92. The van der Waals surface area contributed by atoms with Crippen LogP contribution in [0.4, 0.5) is 4.79 Å². The summed E-state index contributed by atoms with van der Waals surface area (Å²) in [5, 5.41) is 0. The lowest BCUT2D eigenvalue weighted by Gasteiger charge is -2.32. The van der Waals surface area contributed by atoms with Crippen LogP contribution in [0.5, 0.6) is 0 Å². The maximum absolute atomic E-state index is 11.9. The third-order valence-electron chi connectivity index (χ3n) is 3.87. The summed E-state index contributed by atoms with van der Waals surface area (Å²) in [6, 6.07) is 0.0989. The first-order valence-electron chi connectivity index (χ1n) is 6.70. The number of rotatable bonds is 2. The van der Waals surface area contributed by atoms with E-state index >= 15 is 0 Å². The summed E-state index contributed by atoms with van der Waals surface area (Å²) in [7, 11) is 0. The van der Waals surface area contributed by atoms with Crippen LogP contribution in [-0.2, 0) is 9.53 Å². The Morgan fingerprint density at radius 1 is 1.35 bits per heavy atom. The highest BCUT2D eigenvalue weighted by Gasteiger charge is 2.39. The van der Waals surface area contributed by atoms with Crippen molar-refractivity contribution < 1.29 is 14.3 Å². The third-order valence-corrected chi connectivity index (χ3v) is 3.87. The largest absolute Gasteiger partial charge is 0.450 e. The highest BCUT2D eigenvalue weighted by Crippen LogP contribution is 2.32. The number of Topliss-reactive ketones (excluding diaryl/α,β-unsaturated/α-hetero) is 1. The van der Waals surface area contributed by atoms with Crippen LogP contribution >= 0.6 is 0 Å². The van der Waals surface area contributed by atoms with Gasteiger partial charge in [-0.15, -0.1) is 0 Å². The van der Waals surface area contributed by atoms with E-state index < -0.39 is 0 Å². The minimum absolute atomic E-state index is 0.0654. The van der Waals surface area contributed by atoms with Gasteiger partial charge in [0.05, 0.1) is 6.61 Å². The summed E-state index contributed by atoms with van der Waals surface area (Å²) in [6.07, 6.45) is 5.47. The van der Waals surface area contributed by atoms with Crippen molar-refractivity contribution in [2.75, 3.05) is 13.2 Å². The van der Waals surface area contributed by atoms with Gasteiger partial charge in [-0.05, 0) is 32.6 Å². The van der Waals surface area contributed by atoms with Crippen molar-refractivity contribution in [2.24, 2.45) is 5.92 Å². The van der Waals surface area contributed by atoms with E-state index in [9.17, 15) is 9.59 Å². The van der Waals surface area contributed by atoms with Gasteiger partial charge >= 0.3 is 6.09 Å². The highest BCUT2D eigenvalue weighted by molar-refractivity contribution is 5.83. The number of carbonyl (C=O) groups excluding carboxylic acids is 2. The van der Waals surface area contributed by atoms with Gasteiger partial charge in [0.2, 0.25) is 0 Å². The smallest absolute Gasteiger partial charge is 0.410 e. The quantitative estimate of drug-likeness (QED) is 0.743. The molecule has 96 valence electrons. The summed E-state index contributed by atoms with van der Waals surface area (Å²) in [5.74, 6) is 0.410. The average Bonchev–Trinajstić information content (AvgIpc) is 2.79. The van der Waals surface area contributed by atoms with E-state index in [1.165, 1.54) is 0 Å². The Bertz CT molecular complexity index is 303. The van der Waals surface area contributed by atoms with Crippen LogP contribution < -0.4 is 0 Å². The highest BCUT2D eigenvalue weighted by atomic mass is 16.6. The molecular weight excluding hydrogens is 218 g/mol. The molecule has 1 aliphatic carbocycles. The fourth-order valence-electron chi connectivity index (χ4n) is 3.06. The average molecular weight is 239 g/mol. The lowest BCUT2D eigenvalue weighted by Crippen LogP contribution is -2.44. The minimum Gasteiger partial charge on any atom is -0.450 e. The maximum atomic E-state index is 11.9. The van der Waals surface area contributed by atoms with E-state index in [0.29, 0.717) is 18.8 Å². The van der Waals surface area contributed by atoms with Crippen LogP contribution in [-0.4, -0.2) is 36.0 Å². The zero-order valence-corrected chi connectivity index (χ0v) is 10.5. The minimum atomic E-state index is -0.242. The maximum Gasteiger partial charge on any atom is 0.410 e. The Balaban J connectivity index is 2.03. The zero-order valence-electron chi connectivity index (χ0n) is 10.5. The standard InChI is InChI=1S/C13H21NO3/c1-2-17-13(16)14-9-5-7-11(14)10-6-3-4-8-12(10)15/h10-11H,2-9H2,1H3. The molecule has 0 spiro atoms. The van der Waals surface area contributed by atoms with Crippen molar-refractivity contribution in [2.45, 2.75) is 51.5 Å². The Morgan fingerprint density at radius 3 is 2.88 bits per heavy atom. The number of likely N-dealkylation sites (tertiary alicyclic amines) is 1. The molecule has 2 aliphatic rings. The molecule has 1 heterocycles. The fraction of sp³-hybridized carbons (Fsp3) is 0.846. The Labute approximate surface area is 102 Å². The Morgan fingerprint density at radius 2 is 2.18 bits per heavy atom. The first-order valence-corrected chi connectivity index (χ1v) is 6.70. The van der Waals surface area contributed by atoms with E-state index in [-0.39, 0.29) is 18.1 Å².